The average Bonchev–Trinajstić information content (AvgIpc) is 2.63. The third-order valence-corrected chi connectivity index (χ3v) is 3.73. The molecule has 0 unspecified atom stereocenters. The molecule has 2 aromatic rings. The molecular weight excluding hydrogens is 228 g/mol. The first-order chi connectivity index (χ1) is 8.59. The first-order valence-corrected chi connectivity index (χ1v) is 6.00. The Morgan fingerprint density at radius 2 is 2.11 bits per heavy atom. The van der Waals surface area contributed by atoms with Crippen LogP contribution in [0.3, 0.4) is 0 Å². The van der Waals surface area contributed by atoms with Crippen LogP contribution in [-0.2, 0) is 24.7 Å². The highest BCUT2D eigenvalue weighted by atomic mass is 16.1. The van der Waals surface area contributed by atoms with E-state index in [-0.39, 0.29) is 5.78 Å². The molecule has 1 aliphatic carbocycles. The van der Waals surface area contributed by atoms with E-state index < -0.39 is 5.91 Å². The maximum atomic E-state index is 11.6. The lowest BCUT2D eigenvalue weighted by molar-refractivity contribution is -0.118. The van der Waals surface area contributed by atoms with Crippen LogP contribution in [0.25, 0.3) is 10.9 Å². The molecule has 2 N–H and O–H groups in total. The van der Waals surface area contributed by atoms with E-state index in [0.717, 1.165) is 28.6 Å². The average molecular weight is 242 g/mol. The maximum Gasteiger partial charge on any atom is 0.250 e. The summed E-state index contributed by atoms with van der Waals surface area (Å²) in [6.45, 7) is 0. The molecule has 18 heavy (non-hydrogen) atoms. The quantitative estimate of drug-likeness (QED) is 0.820. The fourth-order valence-corrected chi connectivity index (χ4v) is 2.90. The number of fused-ring (bicyclic) bond motifs is 3. The highest BCUT2D eigenvalue weighted by Gasteiger charge is 2.24. The van der Waals surface area contributed by atoms with Gasteiger partial charge in [-0.3, -0.25) is 9.59 Å². The van der Waals surface area contributed by atoms with Gasteiger partial charge in [-0.25, -0.2) is 0 Å². The fourth-order valence-electron chi connectivity index (χ4n) is 2.90. The molecule has 0 fully saturated rings. The van der Waals surface area contributed by atoms with E-state index in [2.05, 4.69) is 0 Å². The number of hydrogen-bond acceptors (Lipinski definition) is 2. The van der Waals surface area contributed by atoms with Crippen molar-refractivity contribution in [2.75, 3.05) is 0 Å². The Kier molecular flexibility index (Phi) is 2.26. The molecule has 1 aliphatic rings. The number of carbonyl (C=O) groups excluding carboxylic acids is 2. The minimum Gasteiger partial charge on any atom is -0.366 e. The van der Waals surface area contributed by atoms with Crippen molar-refractivity contribution in [3.63, 3.8) is 0 Å². The van der Waals surface area contributed by atoms with Crippen LogP contribution in [0, 0.1) is 0 Å². The molecule has 1 heterocycles. The van der Waals surface area contributed by atoms with E-state index >= 15 is 0 Å². The van der Waals surface area contributed by atoms with Crippen LogP contribution in [-0.4, -0.2) is 16.3 Å². The number of rotatable bonds is 1. The summed E-state index contributed by atoms with van der Waals surface area (Å²) in [6, 6.07) is 5.51. The predicted octanol–water partition coefficient (Wildman–Crippen LogP) is 1.33. The minimum atomic E-state index is -0.426. The molecule has 0 saturated heterocycles. The van der Waals surface area contributed by atoms with Gasteiger partial charge in [0.2, 0.25) is 0 Å². The number of aryl methyl sites for hydroxylation is 1. The SMILES string of the molecule is Cn1c2c(c3cccc(C(N)=O)c31)CC(=O)CC2. The number of primary amides is 1. The molecule has 0 radical (unpaired) electrons. The Morgan fingerprint density at radius 1 is 1.33 bits per heavy atom. The number of nitrogens with zero attached hydrogens (tertiary/aromatic N) is 1. The number of benzene rings is 1. The number of carbonyl (C=O) groups is 2. The molecular formula is C14H14N2O2. The van der Waals surface area contributed by atoms with Crippen molar-refractivity contribution in [3.05, 3.63) is 35.0 Å². The van der Waals surface area contributed by atoms with Gasteiger partial charge in [-0.05, 0) is 18.1 Å². The Balaban J connectivity index is 2.40. The molecule has 0 bridgehead atoms. The van der Waals surface area contributed by atoms with Crippen LogP contribution in [0.5, 0.6) is 0 Å². The van der Waals surface area contributed by atoms with Gasteiger partial charge in [-0.1, -0.05) is 12.1 Å². The Morgan fingerprint density at radius 3 is 2.83 bits per heavy atom. The Bertz CT molecular complexity index is 683. The minimum absolute atomic E-state index is 0.263. The summed E-state index contributed by atoms with van der Waals surface area (Å²) in [4.78, 5) is 23.1. The van der Waals surface area contributed by atoms with E-state index in [0.29, 0.717) is 18.4 Å². The van der Waals surface area contributed by atoms with Crippen molar-refractivity contribution in [2.45, 2.75) is 19.3 Å². The van der Waals surface area contributed by atoms with Gasteiger partial charge < -0.3 is 10.3 Å². The third-order valence-electron chi connectivity index (χ3n) is 3.73. The largest absolute Gasteiger partial charge is 0.366 e. The second kappa shape index (κ2) is 3.70. The lowest BCUT2D eigenvalue weighted by Gasteiger charge is -2.12. The summed E-state index contributed by atoms with van der Waals surface area (Å²) >= 11 is 0. The number of para-hydroxylation sites is 1. The van der Waals surface area contributed by atoms with E-state index in [1.807, 2.05) is 23.7 Å². The first-order valence-electron chi connectivity index (χ1n) is 6.00. The van der Waals surface area contributed by atoms with Gasteiger partial charge in [-0.2, -0.15) is 0 Å². The normalized spacial score (nSPS) is 14.8. The van der Waals surface area contributed by atoms with Crippen LogP contribution in [0.15, 0.2) is 18.2 Å². The second-order valence-electron chi connectivity index (χ2n) is 4.77. The topological polar surface area (TPSA) is 65.1 Å². The van der Waals surface area contributed by atoms with Gasteiger partial charge in [0.1, 0.15) is 5.78 Å². The van der Waals surface area contributed by atoms with Gasteiger partial charge in [-0.15, -0.1) is 0 Å². The molecule has 1 aromatic carbocycles. The molecule has 4 nitrogen and oxygen atoms in total. The van der Waals surface area contributed by atoms with Gasteiger partial charge >= 0.3 is 0 Å². The summed E-state index contributed by atoms with van der Waals surface area (Å²) in [5.74, 6) is -0.163. The van der Waals surface area contributed by atoms with E-state index in [1.54, 1.807) is 6.07 Å². The van der Waals surface area contributed by atoms with Crippen molar-refractivity contribution >= 4 is 22.6 Å². The molecule has 4 heteroatoms. The van der Waals surface area contributed by atoms with Crippen molar-refractivity contribution in [3.8, 4) is 0 Å². The monoisotopic (exact) mass is 242 g/mol. The molecule has 0 saturated carbocycles. The van der Waals surface area contributed by atoms with Gasteiger partial charge in [0, 0.05) is 31.0 Å². The lowest BCUT2D eigenvalue weighted by Crippen LogP contribution is -2.14. The number of hydrogen-bond donors (Lipinski definition) is 1. The van der Waals surface area contributed by atoms with Crippen LogP contribution in [0.1, 0.15) is 28.0 Å². The standard InChI is InChI=1S/C14H14N2O2/c1-16-12-6-5-8(17)7-11(12)9-3-2-4-10(13(9)16)14(15)18/h2-4H,5-7H2,1H3,(H2,15,18). The van der Waals surface area contributed by atoms with Crippen molar-refractivity contribution in [1.82, 2.24) is 4.57 Å². The van der Waals surface area contributed by atoms with Crippen LogP contribution in [0.4, 0.5) is 0 Å². The number of amides is 1. The highest BCUT2D eigenvalue weighted by Crippen LogP contribution is 2.31. The summed E-state index contributed by atoms with van der Waals surface area (Å²) in [7, 11) is 1.93. The van der Waals surface area contributed by atoms with E-state index in [4.69, 9.17) is 5.73 Å². The highest BCUT2D eigenvalue weighted by molar-refractivity contribution is 6.07. The summed E-state index contributed by atoms with van der Waals surface area (Å²) in [5.41, 5.74) is 9.00. The zero-order valence-corrected chi connectivity index (χ0v) is 10.2. The summed E-state index contributed by atoms with van der Waals surface area (Å²) < 4.78 is 2.01. The Labute approximate surface area is 104 Å². The van der Waals surface area contributed by atoms with E-state index in [1.165, 1.54) is 0 Å². The molecule has 92 valence electrons. The van der Waals surface area contributed by atoms with Gasteiger partial charge in [0.25, 0.3) is 5.91 Å². The zero-order chi connectivity index (χ0) is 12.9. The summed E-state index contributed by atoms with van der Waals surface area (Å²) in [6.07, 6.45) is 1.80. The van der Waals surface area contributed by atoms with Crippen LogP contribution >= 0.6 is 0 Å². The molecule has 3 rings (SSSR count). The second-order valence-corrected chi connectivity index (χ2v) is 4.77. The predicted molar refractivity (Wildman–Crippen MR) is 68.5 cm³/mol. The first kappa shape index (κ1) is 11.0. The molecule has 0 spiro atoms. The maximum absolute atomic E-state index is 11.6. The van der Waals surface area contributed by atoms with Crippen LogP contribution < -0.4 is 5.73 Å². The van der Waals surface area contributed by atoms with Crippen molar-refractivity contribution < 1.29 is 9.59 Å². The third kappa shape index (κ3) is 1.38. The fraction of sp³-hybridized carbons (Fsp3) is 0.286. The number of nitrogens with two attached hydrogens (primary N) is 1. The number of aromatic nitrogens is 1. The Hall–Kier alpha value is -2.10. The van der Waals surface area contributed by atoms with Gasteiger partial charge in [0.05, 0.1) is 11.1 Å². The summed E-state index contributed by atoms with van der Waals surface area (Å²) in [5, 5.41) is 0.983. The lowest BCUT2D eigenvalue weighted by atomic mass is 9.94. The number of Topliss-reactive ketones (excluding diaryl/α,β-unsaturated/α-hetero) is 1. The molecule has 1 aromatic heterocycles. The smallest absolute Gasteiger partial charge is 0.250 e. The molecule has 0 aliphatic heterocycles. The molecule has 1 amide bonds. The zero-order valence-electron chi connectivity index (χ0n) is 10.2. The number of ketones is 1. The van der Waals surface area contributed by atoms with Gasteiger partial charge in [0.15, 0.2) is 0 Å². The molecule has 0 atom stereocenters. The van der Waals surface area contributed by atoms with E-state index in [9.17, 15) is 9.59 Å². The van der Waals surface area contributed by atoms with Crippen molar-refractivity contribution in [2.24, 2.45) is 12.8 Å². The van der Waals surface area contributed by atoms with Crippen LogP contribution in [0.2, 0.25) is 0 Å². The van der Waals surface area contributed by atoms with Crippen molar-refractivity contribution in [1.29, 1.82) is 0 Å².